The van der Waals surface area contributed by atoms with Crippen LogP contribution >= 0.6 is 11.3 Å². The van der Waals surface area contributed by atoms with Crippen LogP contribution in [0.5, 0.6) is 0 Å². The van der Waals surface area contributed by atoms with Crippen LogP contribution in [0, 0.1) is 17.2 Å². The lowest BCUT2D eigenvalue weighted by Gasteiger charge is -2.18. The number of aryl methyl sites for hydroxylation is 1. The quantitative estimate of drug-likeness (QED) is 0.813. The Balaban J connectivity index is 1.79. The molecule has 3 nitrogen and oxygen atoms in total. The zero-order valence-electron chi connectivity index (χ0n) is 11.1. The number of nitrogens with two attached hydrogens (primary N) is 1. The van der Waals surface area contributed by atoms with Gasteiger partial charge in [-0.25, -0.2) is 4.98 Å². The summed E-state index contributed by atoms with van der Waals surface area (Å²) < 4.78 is 0. The molecule has 0 bridgehead atoms. The first-order chi connectivity index (χ1) is 9.74. The normalized spacial score (nSPS) is 20.1. The minimum Gasteiger partial charge on any atom is -0.396 e. The average Bonchev–Trinajstić information content (AvgIpc) is 3.21. The molecule has 4 rings (SSSR count). The molecule has 2 aliphatic carbocycles. The number of nitriles is 1. The fourth-order valence-corrected chi connectivity index (χ4v) is 3.82. The summed E-state index contributed by atoms with van der Waals surface area (Å²) in [6.07, 6.45) is 8.33. The number of fused-ring (bicyclic) bond motifs is 2. The number of aromatic nitrogens is 1. The number of pyridine rings is 1. The number of thiophene rings is 1. The van der Waals surface area contributed by atoms with Crippen LogP contribution in [0.2, 0.25) is 0 Å². The first kappa shape index (κ1) is 11.9. The molecule has 0 saturated heterocycles. The molecule has 0 unspecified atom stereocenters. The Morgan fingerprint density at radius 3 is 3.00 bits per heavy atom. The molecule has 2 aromatic heterocycles. The Kier molecular flexibility index (Phi) is 2.58. The monoisotopic (exact) mass is 281 g/mol. The molecule has 2 N–H and O–H groups in total. The molecular formula is C16H15N3S. The van der Waals surface area contributed by atoms with E-state index in [4.69, 9.17) is 16.0 Å². The lowest BCUT2D eigenvalue weighted by Crippen LogP contribution is -2.08. The maximum atomic E-state index is 9.08. The summed E-state index contributed by atoms with van der Waals surface area (Å²) in [7, 11) is 0. The molecule has 1 saturated carbocycles. The van der Waals surface area contributed by atoms with Gasteiger partial charge in [0.15, 0.2) is 0 Å². The van der Waals surface area contributed by atoms with Crippen molar-refractivity contribution in [2.24, 2.45) is 5.92 Å². The predicted octanol–water partition coefficient (Wildman–Crippen LogP) is 3.58. The first-order valence-electron chi connectivity index (χ1n) is 7.05. The molecule has 0 spiro atoms. The van der Waals surface area contributed by atoms with Crippen molar-refractivity contribution in [2.75, 3.05) is 5.73 Å². The van der Waals surface area contributed by atoms with E-state index in [9.17, 15) is 0 Å². The molecule has 1 fully saturated rings. The lowest BCUT2D eigenvalue weighted by atomic mass is 9.90. The van der Waals surface area contributed by atoms with Crippen LogP contribution < -0.4 is 5.73 Å². The van der Waals surface area contributed by atoms with E-state index in [1.54, 1.807) is 5.57 Å². The van der Waals surface area contributed by atoms with E-state index in [-0.39, 0.29) is 0 Å². The van der Waals surface area contributed by atoms with E-state index in [0.717, 1.165) is 35.4 Å². The average molecular weight is 281 g/mol. The largest absolute Gasteiger partial charge is 0.396 e. The molecular weight excluding hydrogens is 266 g/mol. The van der Waals surface area contributed by atoms with E-state index in [1.165, 1.54) is 35.4 Å². The van der Waals surface area contributed by atoms with Gasteiger partial charge in [0.2, 0.25) is 0 Å². The maximum absolute atomic E-state index is 9.08. The smallest absolute Gasteiger partial charge is 0.130 e. The third kappa shape index (κ3) is 1.90. The number of allylic oxidation sites excluding steroid dienone is 2. The van der Waals surface area contributed by atoms with Gasteiger partial charge in [-0.2, -0.15) is 5.26 Å². The molecule has 0 amide bonds. The molecule has 2 aliphatic rings. The van der Waals surface area contributed by atoms with Gasteiger partial charge >= 0.3 is 0 Å². The molecule has 0 radical (unpaired) electrons. The Morgan fingerprint density at radius 1 is 1.40 bits per heavy atom. The number of nitrogens with zero attached hydrogens (tertiary/aromatic N) is 2. The number of nitrogen functional groups attached to an aromatic ring is 1. The lowest BCUT2D eigenvalue weighted by molar-refractivity contribution is 0.798. The van der Waals surface area contributed by atoms with Crippen molar-refractivity contribution < 1.29 is 0 Å². The summed E-state index contributed by atoms with van der Waals surface area (Å²) >= 11 is 1.41. The van der Waals surface area contributed by atoms with Gasteiger partial charge in [0.1, 0.15) is 15.8 Å². The number of anilines is 1. The standard InChI is InChI=1S/C16H15N3S/c17-8-14-15(18)12-7-11-6-10(5-9-1-2-9)3-4-13(11)19-16(12)20-14/h5,7,9H,1-4,6,18H2/b10-5+. The van der Waals surface area contributed by atoms with Gasteiger partial charge in [0.05, 0.1) is 5.69 Å². The first-order valence-corrected chi connectivity index (χ1v) is 7.86. The van der Waals surface area contributed by atoms with Gasteiger partial charge in [-0.1, -0.05) is 11.6 Å². The van der Waals surface area contributed by atoms with Crippen LogP contribution in [-0.2, 0) is 12.8 Å². The molecule has 20 heavy (non-hydrogen) atoms. The molecule has 100 valence electrons. The van der Waals surface area contributed by atoms with Crippen LogP contribution in [0.3, 0.4) is 0 Å². The van der Waals surface area contributed by atoms with Crippen LogP contribution in [0.25, 0.3) is 10.2 Å². The van der Waals surface area contributed by atoms with Gasteiger partial charge in [0, 0.05) is 11.1 Å². The maximum Gasteiger partial charge on any atom is 0.130 e. The Morgan fingerprint density at radius 2 is 2.25 bits per heavy atom. The zero-order chi connectivity index (χ0) is 13.7. The predicted molar refractivity (Wildman–Crippen MR) is 81.6 cm³/mol. The highest BCUT2D eigenvalue weighted by Crippen LogP contribution is 2.37. The van der Waals surface area contributed by atoms with E-state index in [2.05, 4.69) is 18.2 Å². The Hall–Kier alpha value is -1.86. The highest BCUT2D eigenvalue weighted by atomic mass is 32.1. The number of hydrogen-bond donors (Lipinski definition) is 1. The van der Waals surface area contributed by atoms with Crippen LogP contribution in [0.1, 0.15) is 35.4 Å². The highest BCUT2D eigenvalue weighted by molar-refractivity contribution is 7.19. The van der Waals surface area contributed by atoms with Crippen molar-refractivity contribution in [1.29, 1.82) is 5.26 Å². The molecule has 2 heterocycles. The van der Waals surface area contributed by atoms with E-state index in [0.29, 0.717) is 10.6 Å². The molecule has 4 heteroatoms. The van der Waals surface area contributed by atoms with Crippen molar-refractivity contribution in [3.63, 3.8) is 0 Å². The number of rotatable bonds is 1. The van der Waals surface area contributed by atoms with Gasteiger partial charge in [0.25, 0.3) is 0 Å². The van der Waals surface area contributed by atoms with Crippen LogP contribution in [0.15, 0.2) is 17.7 Å². The molecule has 0 aliphatic heterocycles. The summed E-state index contributed by atoms with van der Waals surface area (Å²) in [5, 5.41) is 10.0. The fraction of sp³-hybridized carbons (Fsp3) is 0.375. The molecule has 0 aromatic carbocycles. The van der Waals surface area contributed by atoms with Crippen molar-refractivity contribution in [2.45, 2.75) is 32.1 Å². The second-order valence-corrected chi connectivity index (χ2v) is 6.74. The minimum atomic E-state index is 0.587. The summed E-state index contributed by atoms with van der Waals surface area (Å²) in [6, 6.07) is 4.32. The van der Waals surface area contributed by atoms with Crippen molar-refractivity contribution in [1.82, 2.24) is 4.98 Å². The van der Waals surface area contributed by atoms with Gasteiger partial charge < -0.3 is 5.73 Å². The van der Waals surface area contributed by atoms with Crippen molar-refractivity contribution >= 4 is 27.2 Å². The zero-order valence-corrected chi connectivity index (χ0v) is 12.0. The molecule has 0 atom stereocenters. The van der Waals surface area contributed by atoms with E-state index < -0.39 is 0 Å². The van der Waals surface area contributed by atoms with E-state index >= 15 is 0 Å². The van der Waals surface area contributed by atoms with Crippen LogP contribution in [0.4, 0.5) is 5.69 Å². The second kappa shape index (κ2) is 4.32. The summed E-state index contributed by atoms with van der Waals surface area (Å²) in [5.74, 6) is 0.833. The second-order valence-electron chi connectivity index (χ2n) is 5.74. The topological polar surface area (TPSA) is 62.7 Å². The Labute approximate surface area is 121 Å². The SMILES string of the molecule is N#Cc1sc2nc3c(cc2c1N)C/C(=C/C1CC1)CC3. The summed E-state index contributed by atoms with van der Waals surface area (Å²) in [5.41, 5.74) is 10.7. The van der Waals surface area contributed by atoms with Gasteiger partial charge in [-0.3, -0.25) is 0 Å². The Bertz CT molecular complexity index is 775. The number of hydrogen-bond acceptors (Lipinski definition) is 4. The van der Waals surface area contributed by atoms with Crippen molar-refractivity contribution in [3.05, 3.63) is 33.9 Å². The van der Waals surface area contributed by atoms with Crippen LogP contribution in [-0.4, -0.2) is 4.98 Å². The van der Waals surface area contributed by atoms with Gasteiger partial charge in [-0.15, -0.1) is 11.3 Å². The third-order valence-corrected chi connectivity index (χ3v) is 5.20. The van der Waals surface area contributed by atoms with E-state index in [1.807, 2.05) is 0 Å². The fourth-order valence-electron chi connectivity index (χ4n) is 2.92. The molecule has 2 aromatic rings. The summed E-state index contributed by atoms with van der Waals surface area (Å²) in [6.45, 7) is 0. The summed E-state index contributed by atoms with van der Waals surface area (Å²) in [4.78, 5) is 6.23. The minimum absolute atomic E-state index is 0.587. The highest BCUT2D eigenvalue weighted by Gasteiger charge is 2.22. The third-order valence-electron chi connectivity index (χ3n) is 4.19. The van der Waals surface area contributed by atoms with Crippen molar-refractivity contribution in [3.8, 4) is 6.07 Å². The van der Waals surface area contributed by atoms with Gasteiger partial charge in [-0.05, 0) is 49.7 Å².